The zero-order valence-electron chi connectivity index (χ0n) is 15.7. The zero-order chi connectivity index (χ0) is 19.7. The number of halogens is 1. The lowest BCUT2D eigenvalue weighted by atomic mass is 9.87. The summed E-state index contributed by atoms with van der Waals surface area (Å²) in [5.41, 5.74) is 0.925. The van der Waals surface area contributed by atoms with Crippen molar-refractivity contribution in [1.82, 2.24) is 10.2 Å². The number of amides is 2. The van der Waals surface area contributed by atoms with Gasteiger partial charge in [0.25, 0.3) is 5.91 Å². The molecule has 2 aliphatic rings. The molecule has 1 saturated carbocycles. The van der Waals surface area contributed by atoms with Gasteiger partial charge in [0.1, 0.15) is 11.6 Å². The molecule has 2 aromatic carbocycles. The Morgan fingerprint density at radius 1 is 1.07 bits per heavy atom. The summed E-state index contributed by atoms with van der Waals surface area (Å²) in [5, 5.41) is 3.05. The van der Waals surface area contributed by atoms with Crippen LogP contribution in [0.1, 0.15) is 34.7 Å². The Labute approximate surface area is 163 Å². The van der Waals surface area contributed by atoms with Gasteiger partial charge in [-0.1, -0.05) is 30.3 Å². The Balaban J connectivity index is 1.63. The van der Waals surface area contributed by atoms with Crippen LogP contribution in [0.5, 0.6) is 5.75 Å². The first kappa shape index (κ1) is 18.5. The van der Waals surface area contributed by atoms with E-state index in [1.807, 2.05) is 24.3 Å². The van der Waals surface area contributed by atoms with E-state index in [1.54, 1.807) is 24.1 Å². The first-order chi connectivity index (χ1) is 13.6. The number of benzene rings is 2. The highest BCUT2D eigenvalue weighted by molar-refractivity contribution is 5.95. The lowest BCUT2D eigenvalue weighted by Gasteiger charge is -2.20. The summed E-state index contributed by atoms with van der Waals surface area (Å²) in [5.74, 6) is -0.899. The molecule has 28 heavy (non-hydrogen) atoms. The second-order valence-electron chi connectivity index (χ2n) is 7.43. The summed E-state index contributed by atoms with van der Waals surface area (Å²) in [6.45, 7) is 0.602. The number of hydrogen-bond acceptors (Lipinski definition) is 3. The summed E-state index contributed by atoms with van der Waals surface area (Å²) in [4.78, 5) is 27.4. The molecule has 6 heteroatoms. The first-order valence-corrected chi connectivity index (χ1v) is 9.55. The Hall–Kier alpha value is -2.89. The average molecular weight is 382 g/mol. The Kier molecular flexibility index (Phi) is 5.03. The third kappa shape index (κ3) is 3.59. The minimum absolute atomic E-state index is 0.0320. The third-order valence-corrected chi connectivity index (χ3v) is 5.51. The number of methoxy groups -OCH3 is 1. The quantitative estimate of drug-likeness (QED) is 0.865. The molecule has 2 atom stereocenters. The van der Waals surface area contributed by atoms with Gasteiger partial charge in [0.15, 0.2) is 0 Å². The SMILES string of the molecule is COc1ccccc1[C@H]1CN(C(=O)c2ccccc2F)C[C@@H]1C(=O)NC1CC1. The number of ether oxygens (including phenoxy) is 1. The van der Waals surface area contributed by atoms with Crippen LogP contribution in [0.25, 0.3) is 0 Å². The molecule has 1 heterocycles. The minimum atomic E-state index is -0.549. The molecule has 5 nitrogen and oxygen atoms in total. The fraction of sp³-hybridized carbons (Fsp3) is 0.364. The fourth-order valence-electron chi connectivity index (χ4n) is 3.86. The van der Waals surface area contributed by atoms with Crippen LogP contribution in [-0.4, -0.2) is 43.0 Å². The number of likely N-dealkylation sites (tertiary alicyclic amines) is 1. The van der Waals surface area contributed by atoms with E-state index in [4.69, 9.17) is 4.74 Å². The molecule has 2 amide bonds. The van der Waals surface area contributed by atoms with Crippen LogP contribution in [0.4, 0.5) is 4.39 Å². The van der Waals surface area contributed by atoms with Crippen LogP contribution in [0.15, 0.2) is 48.5 Å². The van der Waals surface area contributed by atoms with Gasteiger partial charge in [-0.15, -0.1) is 0 Å². The number of carbonyl (C=O) groups is 2. The van der Waals surface area contributed by atoms with E-state index in [2.05, 4.69) is 5.32 Å². The van der Waals surface area contributed by atoms with Crippen molar-refractivity contribution in [1.29, 1.82) is 0 Å². The predicted molar refractivity (Wildman–Crippen MR) is 103 cm³/mol. The van der Waals surface area contributed by atoms with Gasteiger partial charge >= 0.3 is 0 Å². The largest absolute Gasteiger partial charge is 0.496 e. The zero-order valence-corrected chi connectivity index (χ0v) is 15.7. The predicted octanol–water partition coefficient (Wildman–Crippen LogP) is 2.97. The van der Waals surface area contributed by atoms with Gasteiger partial charge in [-0.2, -0.15) is 0 Å². The van der Waals surface area contributed by atoms with E-state index >= 15 is 0 Å². The number of hydrogen-bond donors (Lipinski definition) is 1. The Morgan fingerprint density at radius 2 is 1.79 bits per heavy atom. The number of nitrogens with zero attached hydrogens (tertiary/aromatic N) is 1. The lowest BCUT2D eigenvalue weighted by molar-refractivity contribution is -0.125. The highest BCUT2D eigenvalue weighted by atomic mass is 19.1. The molecule has 0 spiro atoms. The minimum Gasteiger partial charge on any atom is -0.496 e. The van der Waals surface area contributed by atoms with Crippen molar-refractivity contribution in [2.75, 3.05) is 20.2 Å². The number of carbonyl (C=O) groups excluding carboxylic acids is 2. The second-order valence-corrected chi connectivity index (χ2v) is 7.43. The summed E-state index contributed by atoms with van der Waals surface area (Å²) in [6.07, 6.45) is 1.99. The monoisotopic (exact) mass is 382 g/mol. The number of rotatable bonds is 5. The van der Waals surface area contributed by atoms with Gasteiger partial charge in [-0.05, 0) is 36.6 Å². The van der Waals surface area contributed by atoms with Crippen molar-refractivity contribution >= 4 is 11.8 Å². The van der Waals surface area contributed by atoms with Gasteiger partial charge in [0.2, 0.25) is 5.91 Å². The molecule has 146 valence electrons. The fourth-order valence-corrected chi connectivity index (χ4v) is 3.86. The van der Waals surface area contributed by atoms with Gasteiger partial charge in [-0.25, -0.2) is 4.39 Å². The second kappa shape index (κ2) is 7.62. The summed E-state index contributed by atoms with van der Waals surface area (Å²) < 4.78 is 19.6. The van der Waals surface area contributed by atoms with Crippen molar-refractivity contribution in [2.45, 2.75) is 24.8 Å². The van der Waals surface area contributed by atoms with Crippen molar-refractivity contribution in [3.05, 3.63) is 65.5 Å². The van der Waals surface area contributed by atoms with E-state index in [0.29, 0.717) is 12.3 Å². The molecule has 2 aromatic rings. The van der Waals surface area contributed by atoms with E-state index in [1.165, 1.54) is 12.1 Å². The summed E-state index contributed by atoms with van der Waals surface area (Å²) in [7, 11) is 1.59. The topological polar surface area (TPSA) is 58.6 Å². The maximum Gasteiger partial charge on any atom is 0.256 e. The third-order valence-electron chi connectivity index (χ3n) is 5.51. The van der Waals surface area contributed by atoms with Crippen LogP contribution in [0, 0.1) is 11.7 Å². The number of nitrogens with one attached hydrogen (secondary N) is 1. The molecule has 4 rings (SSSR count). The van der Waals surface area contributed by atoms with Crippen molar-refractivity contribution in [3.8, 4) is 5.75 Å². The maximum absolute atomic E-state index is 14.1. The summed E-state index contributed by atoms with van der Waals surface area (Å²) >= 11 is 0. The summed E-state index contributed by atoms with van der Waals surface area (Å²) in [6, 6.07) is 13.7. The smallest absolute Gasteiger partial charge is 0.256 e. The van der Waals surface area contributed by atoms with Crippen LogP contribution in [0.3, 0.4) is 0 Å². The lowest BCUT2D eigenvalue weighted by Crippen LogP contribution is -2.36. The van der Waals surface area contributed by atoms with E-state index < -0.39 is 11.7 Å². The van der Waals surface area contributed by atoms with Crippen LogP contribution < -0.4 is 10.1 Å². The van der Waals surface area contributed by atoms with E-state index in [-0.39, 0.29) is 35.9 Å². The Morgan fingerprint density at radius 3 is 2.50 bits per heavy atom. The van der Waals surface area contributed by atoms with Gasteiger partial charge in [-0.3, -0.25) is 9.59 Å². The van der Waals surface area contributed by atoms with Crippen molar-refractivity contribution in [2.24, 2.45) is 5.92 Å². The molecule has 0 unspecified atom stereocenters. The van der Waals surface area contributed by atoms with Gasteiger partial charge < -0.3 is 15.0 Å². The standard InChI is InChI=1S/C22H23FN2O3/c1-28-20-9-5-3-6-15(20)17-12-25(13-18(17)21(26)24-14-10-11-14)22(27)16-7-2-4-8-19(16)23/h2-9,14,17-18H,10-13H2,1H3,(H,24,26)/t17-,18+/m1/s1. The van der Waals surface area contributed by atoms with E-state index in [9.17, 15) is 14.0 Å². The molecule has 1 N–H and O–H groups in total. The highest BCUT2D eigenvalue weighted by Crippen LogP contribution is 2.38. The van der Waals surface area contributed by atoms with Gasteiger partial charge in [0, 0.05) is 25.0 Å². The van der Waals surface area contributed by atoms with Crippen LogP contribution in [0.2, 0.25) is 0 Å². The molecular weight excluding hydrogens is 359 g/mol. The molecule has 1 aliphatic heterocycles. The molecule has 1 saturated heterocycles. The van der Waals surface area contributed by atoms with Crippen molar-refractivity contribution in [3.63, 3.8) is 0 Å². The molecular formula is C22H23FN2O3. The van der Waals surface area contributed by atoms with Crippen molar-refractivity contribution < 1.29 is 18.7 Å². The normalized spacial score (nSPS) is 21.4. The highest BCUT2D eigenvalue weighted by Gasteiger charge is 2.43. The van der Waals surface area contributed by atoms with E-state index in [0.717, 1.165) is 18.4 Å². The molecule has 1 aliphatic carbocycles. The molecule has 0 radical (unpaired) electrons. The maximum atomic E-state index is 14.1. The Bertz CT molecular complexity index is 897. The molecule has 2 fully saturated rings. The number of para-hydroxylation sites is 1. The molecule has 0 aromatic heterocycles. The average Bonchev–Trinajstić information content (AvgIpc) is 3.41. The van der Waals surface area contributed by atoms with Crippen LogP contribution >= 0.6 is 0 Å². The molecule has 0 bridgehead atoms. The van der Waals surface area contributed by atoms with Gasteiger partial charge in [0.05, 0.1) is 18.6 Å². The first-order valence-electron chi connectivity index (χ1n) is 9.55. The van der Waals surface area contributed by atoms with Crippen LogP contribution in [-0.2, 0) is 4.79 Å².